The van der Waals surface area contributed by atoms with E-state index in [4.69, 9.17) is 14.6 Å². The smallest absolute Gasteiger partial charge is 0.516 e. The summed E-state index contributed by atoms with van der Waals surface area (Å²) in [7, 11) is 0. The Hall–Kier alpha value is -5.45. The maximum Gasteiger partial charge on any atom is 2.00 e. The number of ether oxygens (including phenoxy) is 2. The Morgan fingerprint density at radius 3 is 2.26 bits per heavy atom. The van der Waals surface area contributed by atoms with E-state index in [-0.39, 0.29) is 27.0 Å². The Labute approximate surface area is 279 Å². The van der Waals surface area contributed by atoms with Crippen molar-refractivity contribution < 1.29 is 30.5 Å². The molecule has 4 heterocycles. The summed E-state index contributed by atoms with van der Waals surface area (Å²) in [6.07, 6.45) is 5.67. The average Bonchev–Trinajstić information content (AvgIpc) is 3.71. The predicted octanol–water partition coefficient (Wildman–Crippen LogP) is 9.04. The molecule has 0 N–H and O–H groups in total. The molecule has 1 aliphatic heterocycles. The minimum absolute atomic E-state index is 0. The molecule has 8 aromatic rings. The maximum absolute atomic E-state index is 6.39. The molecular formula is C39H24N4O2Pt. The Balaban J connectivity index is 0.00000312. The number of pyridine rings is 1. The molecule has 0 radical (unpaired) electrons. The summed E-state index contributed by atoms with van der Waals surface area (Å²) in [5.74, 6) is 2.50. The van der Waals surface area contributed by atoms with Crippen molar-refractivity contribution in [2.45, 2.75) is 5.92 Å². The van der Waals surface area contributed by atoms with E-state index in [2.05, 4.69) is 88.5 Å². The van der Waals surface area contributed by atoms with Crippen molar-refractivity contribution in [1.82, 2.24) is 19.3 Å². The van der Waals surface area contributed by atoms with Crippen LogP contribution in [0.2, 0.25) is 0 Å². The molecule has 9 rings (SSSR count). The molecule has 7 heteroatoms. The third-order valence-corrected chi connectivity index (χ3v) is 8.27. The van der Waals surface area contributed by atoms with Crippen LogP contribution >= 0.6 is 0 Å². The van der Waals surface area contributed by atoms with Crippen molar-refractivity contribution in [3.63, 3.8) is 0 Å². The summed E-state index contributed by atoms with van der Waals surface area (Å²) < 4.78 is 16.6. The number of aromatic nitrogens is 4. The van der Waals surface area contributed by atoms with Gasteiger partial charge in [0.15, 0.2) is 0 Å². The van der Waals surface area contributed by atoms with Crippen LogP contribution in [0, 0.1) is 12.1 Å². The van der Waals surface area contributed by atoms with Gasteiger partial charge in [-0.05, 0) is 35.9 Å². The van der Waals surface area contributed by atoms with E-state index in [1.54, 1.807) is 6.20 Å². The van der Waals surface area contributed by atoms with E-state index >= 15 is 0 Å². The van der Waals surface area contributed by atoms with Crippen LogP contribution in [-0.4, -0.2) is 19.3 Å². The number of rotatable bonds is 5. The second-order valence-corrected chi connectivity index (χ2v) is 10.9. The Bertz CT molecular complexity index is 2310. The van der Waals surface area contributed by atoms with Crippen LogP contribution in [0.1, 0.15) is 22.6 Å². The molecule has 0 spiro atoms. The number of benzene rings is 5. The molecule has 0 amide bonds. The first-order valence-corrected chi connectivity index (χ1v) is 14.8. The van der Waals surface area contributed by atoms with Crippen molar-refractivity contribution in [1.29, 1.82) is 0 Å². The number of hydrogen-bond donors (Lipinski definition) is 0. The first kappa shape index (κ1) is 28.1. The zero-order valence-corrected chi connectivity index (χ0v) is 26.6. The molecule has 0 saturated heterocycles. The van der Waals surface area contributed by atoms with Gasteiger partial charge in [0.25, 0.3) is 0 Å². The predicted molar refractivity (Wildman–Crippen MR) is 174 cm³/mol. The standard InChI is InChI=1S/C39H24N4O2.Pt/c1-4-15-34-30(12-1)31-13-2-5-16-35(31)43(34)28-24-41-42(25-28)27-19-20-37-33(23-27)39(32-14-3-6-17-36(32)45-37)26-10-9-11-29(22-26)44-38-18-7-8-21-40-38;/h1-21,24-25,39H;/q-2;+2. The third-order valence-electron chi connectivity index (χ3n) is 8.27. The van der Waals surface area contributed by atoms with Crippen LogP contribution in [0.4, 0.5) is 0 Å². The number of para-hydroxylation sites is 3. The fourth-order valence-corrected chi connectivity index (χ4v) is 6.31. The number of hydrogen-bond acceptors (Lipinski definition) is 4. The molecular weight excluding hydrogens is 752 g/mol. The second-order valence-electron chi connectivity index (χ2n) is 10.9. The van der Waals surface area contributed by atoms with Crippen LogP contribution < -0.4 is 9.47 Å². The van der Waals surface area contributed by atoms with Gasteiger partial charge in [0.1, 0.15) is 5.75 Å². The molecule has 46 heavy (non-hydrogen) atoms. The van der Waals surface area contributed by atoms with Gasteiger partial charge in [0, 0.05) is 40.1 Å². The van der Waals surface area contributed by atoms with Crippen LogP contribution in [0.3, 0.4) is 0 Å². The van der Waals surface area contributed by atoms with Crippen molar-refractivity contribution >= 4 is 21.8 Å². The Kier molecular flexibility index (Phi) is 7.00. The van der Waals surface area contributed by atoms with Crippen LogP contribution in [0.25, 0.3) is 33.2 Å². The summed E-state index contributed by atoms with van der Waals surface area (Å²) in [4.78, 5) is 4.31. The maximum atomic E-state index is 6.39. The molecule has 0 aliphatic carbocycles. The zero-order valence-electron chi connectivity index (χ0n) is 24.3. The first-order valence-electron chi connectivity index (χ1n) is 14.8. The van der Waals surface area contributed by atoms with Gasteiger partial charge in [0.2, 0.25) is 5.88 Å². The second kappa shape index (κ2) is 11.5. The summed E-state index contributed by atoms with van der Waals surface area (Å²) in [6, 6.07) is 47.8. The normalized spacial score (nSPS) is 13.4. The SMILES string of the molecule is [Pt+2].[c-]1c(Oc2ccccn2)cccc1C1c2[c-]c(-n3cc(-n4c5ccccc5c5ccccc54)cn3)ccc2Oc2ccccc21. The van der Waals surface area contributed by atoms with Gasteiger partial charge >= 0.3 is 21.1 Å². The summed E-state index contributed by atoms with van der Waals surface area (Å²) in [5, 5.41) is 7.22. The molecule has 222 valence electrons. The van der Waals surface area contributed by atoms with Gasteiger partial charge in [-0.15, -0.1) is 41.5 Å². The molecule has 1 aliphatic rings. The van der Waals surface area contributed by atoms with Gasteiger partial charge in [0.05, 0.1) is 29.1 Å². The monoisotopic (exact) mass is 775 g/mol. The number of fused-ring (bicyclic) bond motifs is 5. The van der Waals surface area contributed by atoms with Crippen LogP contribution in [0.15, 0.2) is 140 Å². The van der Waals surface area contributed by atoms with Crippen molar-refractivity contribution in [3.8, 4) is 34.5 Å². The summed E-state index contributed by atoms with van der Waals surface area (Å²) in [6.45, 7) is 0. The number of nitrogens with zero attached hydrogens (tertiary/aromatic N) is 4. The molecule has 0 fully saturated rings. The fraction of sp³-hybridized carbons (Fsp3) is 0.0256. The molecule has 3 aromatic heterocycles. The van der Waals surface area contributed by atoms with Crippen molar-refractivity contribution in [3.05, 3.63) is 169 Å². The van der Waals surface area contributed by atoms with Crippen LogP contribution in [0.5, 0.6) is 23.1 Å². The third kappa shape index (κ3) is 4.70. The quantitative estimate of drug-likeness (QED) is 0.164. The molecule has 1 atom stereocenters. The molecule has 0 saturated carbocycles. The molecule has 1 unspecified atom stereocenters. The van der Waals surface area contributed by atoms with Gasteiger partial charge in [-0.3, -0.25) is 4.68 Å². The van der Waals surface area contributed by atoms with Crippen molar-refractivity contribution in [2.75, 3.05) is 0 Å². The van der Waals surface area contributed by atoms with Gasteiger partial charge in [-0.1, -0.05) is 60.7 Å². The summed E-state index contributed by atoms with van der Waals surface area (Å²) in [5.41, 5.74) is 6.96. The molecule has 6 nitrogen and oxygen atoms in total. The van der Waals surface area contributed by atoms with Crippen LogP contribution in [-0.2, 0) is 21.1 Å². The topological polar surface area (TPSA) is 54.1 Å². The Morgan fingerprint density at radius 1 is 0.696 bits per heavy atom. The van der Waals surface area contributed by atoms with Gasteiger partial charge < -0.3 is 14.0 Å². The largest absolute Gasteiger partial charge is 2.00 e. The average molecular weight is 776 g/mol. The summed E-state index contributed by atoms with van der Waals surface area (Å²) >= 11 is 0. The molecule has 5 aromatic carbocycles. The minimum Gasteiger partial charge on any atom is -0.516 e. The molecule has 0 bridgehead atoms. The minimum atomic E-state index is -0.176. The Morgan fingerprint density at radius 2 is 1.46 bits per heavy atom. The van der Waals surface area contributed by atoms with Gasteiger partial charge in [-0.25, -0.2) is 4.98 Å². The van der Waals surface area contributed by atoms with E-state index in [9.17, 15) is 0 Å². The van der Waals surface area contributed by atoms with Crippen molar-refractivity contribution in [2.24, 2.45) is 0 Å². The fourth-order valence-electron chi connectivity index (χ4n) is 6.31. The van der Waals surface area contributed by atoms with E-state index in [1.165, 1.54) is 10.8 Å². The van der Waals surface area contributed by atoms with Gasteiger partial charge in [-0.2, -0.15) is 17.2 Å². The van der Waals surface area contributed by atoms with E-state index < -0.39 is 0 Å². The zero-order chi connectivity index (χ0) is 29.7. The van der Waals surface area contributed by atoms with E-state index in [0.717, 1.165) is 50.6 Å². The van der Waals surface area contributed by atoms with E-state index in [0.29, 0.717) is 11.6 Å². The van der Waals surface area contributed by atoms with E-state index in [1.807, 2.05) is 71.5 Å². The first-order chi connectivity index (χ1) is 22.3.